The third kappa shape index (κ3) is 4.06. The molecule has 0 atom stereocenters. The van der Waals surface area contributed by atoms with Gasteiger partial charge in [-0.2, -0.15) is 0 Å². The van der Waals surface area contributed by atoms with E-state index in [0.29, 0.717) is 16.4 Å². The maximum Gasteiger partial charge on any atom is 0.259 e. The molecule has 0 bridgehead atoms. The number of nitrogens with one attached hydrogen (secondary N) is 1. The van der Waals surface area contributed by atoms with Gasteiger partial charge in [0, 0.05) is 22.8 Å². The maximum absolute atomic E-state index is 13.0. The largest absolute Gasteiger partial charge is 0.497 e. The van der Waals surface area contributed by atoms with E-state index in [0.717, 1.165) is 33.1 Å². The van der Waals surface area contributed by atoms with E-state index in [1.807, 2.05) is 56.4 Å². The van der Waals surface area contributed by atoms with Crippen LogP contribution >= 0.6 is 11.3 Å². The molecule has 0 radical (unpaired) electrons. The number of hydrogen-bond donors (Lipinski definition) is 1. The van der Waals surface area contributed by atoms with E-state index in [1.165, 1.54) is 11.3 Å². The van der Waals surface area contributed by atoms with Gasteiger partial charge in [-0.25, -0.2) is 4.98 Å². The number of nitrogens with zero attached hydrogens (tertiary/aromatic N) is 3. The first kappa shape index (κ1) is 19.7. The number of methoxy groups -OCH3 is 1. The number of amides is 1. The molecular weight excluding hydrogens is 396 g/mol. The number of thiazole rings is 1. The monoisotopic (exact) mass is 416 g/mol. The number of aromatic nitrogens is 3. The van der Waals surface area contributed by atoms with Crippen molar-refractivity contribution in [2.24, 2.45) is 0 Å². The van der Waals surface area contributed by atoms with Crippen molar-refractivity contribution in [2.45, 2.75) is 13.8 Å². The number of carbonyl (C=O) groups excluding carboxylic acids is 1. The minimum absolute atomic E-state index is 0.258. The van der Waals surface area contributed by atoms with Gasteiger partial charge in [0.15, 0.2) is 5.13 Å². The number of aryl methyl sites for hydroxylation is 2. The second kappa shape index (κ2) is 8.42. The minimum Gasteiger partial charge on any atom is -0.497 e. The zero-order valence-electron chi connectivity index (χ0n) is 16.8. The van der Waals surface area contributed by atoms with Crippen LogP contribution in [0.3, 0.4) is 0 Å². The van der Waals surface area contributed by atoms with Crippen LogP contribution in [0.4, 0.5) is 5.13 Å². The Morgan fingerprint density at radius 1 is 1.00 bits per heavy atom. The molecule has 3 heterocycles. The van der Waals surface area contributed by atoms with Gasteiger partial charge in [-0.3, -0.25) is 20.1 Å². The smallest absolute Gasteiger partial charge is 0.259 e. The van der Waals surface area contributed by atoms with E-state index >= 15 is 0 Å². The van der Waals surface area contributed by atoms with Crippen LogP contribution < -0.4 is 10.1 Å². The Labute approximate surface area is 178 Å². The summed E-state index contributed by atoms with van der Waals surface area (Å²) in [6.07, 6.45) is 3.48. The molecule has 150 valence electrons. The van der Waals surface area contributed by atoms with E-state index in [4.69, 9.17) is 4.74 Å². The van der Waals surface area contributed by atoms with Gasteiger partial charge in [0.25, 0.3) is 5.91 Å². The van der Waals surface area contributed by atoms with Crippen molar-refractivity contribution in [1.29, 1.82) is 0 Å². The van der Waals surface area contributed by atoms with Gasteiger partial charge in [-0.1, -0.05) is 6.07 Å². The molecule has 6 nitrogen and oxygen atoms in total. The fraction of sp³-hybridized carbons (Fsp3) is 0.130. The van der Waals surface area contributed by atoms with Crippen molar-refractivity contribution in [3.8, 4) is 28.4 Å². The molecule has 1 aromatic carbocycles. The summed E-state index contributed by atoms with van der Waals surface area (Å²) in [5.41, 5.74) is 4.56. The topological polar surface area (TPSA) is 77.0 Å². The molecule has 3 aromatic heterocycles. The molecule has 0 aliphatic heterocycles. The van der Waals surface area contributed by atoms with E-state index in [2.05, 4.69) is 20.3 Å². The van der Waals surface area contributed by atoms with E-state index in [1.54, 1.807) is 25.4 Å². The lowest BCUT2D eigenvalue weighted by molar-refractivity contribution is 0.102. The molecule has 1 amide bonds. The zero-order valence-corrected chi connectivity index (χ0v) is 17.7. The van der Waals surface area contributed by atoms with Gasteiger partial charge in [0.1, 0.15) is 11.4 Å². The van der Waals surface area contributed by atoms with Crippen LogP contribution in [0.5, 0.6) is 5.75 Å². The first-order chi connectivity index (χ1) is 14.5. The molecule has 0 unspecified atom stereocenters. The number of benzene rings is 1. The summed E-state index contributed by atoms with van der Waals surface area (Å²) in [6.45, 7) is 3.96. The molecule has 0 saturated carbocycles. The lowest BCUT2D eigenvalue weighted by Crippen LogP contribution is -2.13. The number of pyridine rings is 2. The van der Waals surface area contributed by atoms with Crippen molar-refractivity contribution in [3.05, 3.63) is 76.9 Å². The van der Waals surface area contributed by atoms with Crippen LogP contribution in [0.15, 0.2) is 60.9 Å². The van der Waals surface area contributed by atoms with Crippen LogP contribution in [-0.4, -0.2) is 28.0 Å². The molecule has 4 aromatic rings. The van der Waals surface area contributed by atoms with Crippen molar-refractivity contribution in [2.75, 3.05) is 12.4 Å². The molecule has 0 aliphatic rings. The highest BCUT2D eigenvalue weighted by atomic mass is 32.1. The molecule has 7 heteroatoms. The highest BCUT2D eigenvalue weighted by Crippen LogP contribution is 2.30. The lowest BCUT2D eigenvalue weighted by Gasteiger charge is -2.09. The quantitative estimate of drug-likeness (QED) is 0.487. The van der Waals surface area contributed by atoms with Gasteiger partial charge in [-0.15, -0.1) is 11.3 Å². The van der Waals surface area contributed by atoms with Crippen molar-refractivity contribution < 1.29 is 9.53 Å². The van der Waals surface area contributed by atoms with Crippen LogP contribution in [0, 0.1) is 13.8 Å². The Hall–Kier alpha value is -3.58. The van der Waals surface area contributed by atoms with Gasteiger partial charge >= 0.3 is 0 Å². The summed E-state index contributed by atoms with van der Waals surface area (Å²) in [4.78, 5) is 27.4. The van der Waals surface area contributed by atoms with Gasteiger partial charge in [0.05, 0.1) is 24.1 Å². The van der Waals surface area contributed by atoms with E-state index in [-0.39, 0.29) is 5.91 Å². The molecule has 0 saturated heterocycles. The fourth-order valence-corrected chi connectivity index (χ4v) is 3.84. The molecule has 30 heavy (non-hydrogen) atoms. The van der Waals surface area contributed by atoms with Gasteiger partial charge < -0.3 is 4.74 Å². The summed E-state index contributed by atoms with van der Waals surface area (Å²) in [6, 6.07) is 14.9. The fourth-order valence-electron chi connectivity index (χ4n) is 3.03. The summed E-state index contributed by atoms with van der Waals surface area (Å²) >= 11 is 1.42. The first-order valence-corrected chi connectivity index (χ1v) is 10.2. The Kier molecular flexibility index (Phi) is 5.54. The summed E-state index contributed by atoms with van der Waals surface area (Å²) in [7, 11) is 1.62. The SMILES string of the molecule is COc1ccc(-c2ncccc2C(=O)Nc2nc(-c3ccc(C)cn3)c(C)s2)cc1. The average Bonchev–Trinajstić information content (AvgIpc) is 3.14. The summed E-state index contributed by atoms with van der Waals surface area (Å²) in [5, 5.41) is 3.44. The standard InChI is InChI=1S/C23H20N4O2S/c1-14-6-11-19(25-13-14)20-15(2)30-23(26-20)27-22(28)18-5-4-12-24-21(18)16-7-9-17(29-3)10-8-16/h4-13H,1-3H3,(H,26,27,28). The van der Waals surface area contributed by atoms with Crippen LogP contribution in [0.1, 0.15) is 20.8 Å². The third-order valence-electron chi connectivity index (χ3n) is 4.59. The summed E-state index contributed by atoms with van der Waals surface area (Å²) < 4.78 is 5.21. The van der Waals surface area contributed by atoms with E-state index < -0.39 is 0 Å². The van der Waals surface area contributed by atoms with Crippen molar-refractivity contribution in [3.63, 3.8) is 0 Å². The Bertz CT molecular complexity index is 1180. The minimum atomic E-state index is -0.258. The molecule has 0 fully saturated rings. The van der Waals surface area contributed by atoms with Crippen molar-refractivity contribution >= 4 is 22.4 Å². The number of ether oxygens (including phenoxy) is 1. The second-order valence-corrected chi connectivity index (χ2v) is 7.93. The lowest BCUT2D eigenvalue weighted by atomic mass is 10.1. The zero-order chi connectivity index (χ0) is 21.1. The number of carbonyl (C=O) groups is 1. The van der Waals surface area contributed by atoms with Gasteiger partial charge in [0.2, 0.25) is 0 Å². The average molecular weight is 417 g/mol. The maximum atomic E-state index is 13.0. The van der Waals surface area contributed by atoms with E-state index in [9.17, 15) is 4.79 Å². The molecule has 1 N–H and O–H groups in total. The number of rotatable bonds is 5. The van der Waals surface area contributed by atoms with Crippen LogP contribution in [-0.2, 0) is 0 Å². The Morgan fingerprint density at radius 3 is 2.50 bits per heavy atom. The first-order valence-electron chi connectivity index (χ1n) is 9.36. The Morgan fingerprint density at radius 2 is 1.80 bits per heavy atom. The highest BCUT2D eigenvalue weighted by molar-refractivity contribution is 7.16. The number of anilines is 1. The molecule has 0 aliphatic carbocycles. The highest BCUT2D eigenvalue weighted by Gasteiger charge is 2.17. The molecular formula is C23H20N4O2S. The van der Waals surface area contributed by atoms with Gasteiger partial charge in [-0.05, 0) is 61.9 Å². The number of hydrogen-bond acceptors (Lipinski definition) is 6. The predicted octanol–water partition coefficient (Wildman–Crippen LogP) is 5.14. The normalized spacial score (nSPS) is 10.6. The summed E-state index contributed by atoms with van der Waals surface area (Å²) in [5.74, 6) is 0.488. The molecule has 0 spiro atoms. The predicted molar refractivity (Wildman–Crippen MR) is 119 cm³/mol. The molecule has 4 rings (SSSR count). The van der Waals surface area contributed by atoms with Crippen molar-refractivity contribution in [1.82, 2.24) is 15.0 Å². The van der Waals surface area contributed by atoms with Crippen LogP contribution in [0.25, 0.3) is 22.6 Å². The third-order valence-corrected chi connectivity index (χ3v) is 5.47. The second-order valence-electron chi connectivity index (χ2n) is 6.73. The Balaban J connectivity index is 1.60. The van der Waals surface area contributed by atoms with Crippen LogP contribution in [0.2, 0.25) is 0 Å².